The largest absolute Gasteiger partial charge is 0.456 e. The number of fused-ring (bicyclic) bond motifs is 2. The zero-order valence-corrected chi connectivity index (χ0v) is 14.2. The zero-order chi connectivity index (χ0) is 17.4. The number of hydrogen-bond donors (Lipinski definition) is 1. The van der Waals surface area contributed by atoms with Crippen LogP contribution in [-0.2, 0) is 11.3 Å². The maximum atomic E-state index is 12.3. The van der Waals surface area contributed by atoms with Crippen molar-refractivity contribution >= 4 is 39.4 Å². The van der Waals surface area contributed by atoms with Gasteiger partial charge in [0.15, 0.2) is 5.69 Å². The van der Waals surface area contributed by atoms with Crippen LogP contribution in [0.15, 0.2) is 48.5 Å². The Bertz CT molecular complexity index is 1100. The normalized spacial score (nSPS) is 11.1. The summed E-state index contributed by atoms with van der Waals surface area (Å²) < 4.78 is 5.39. The number of para-hydroxylation sites is 1. The number of rotatable bonds is 3. The van der Waals surface area contributed by atoms with Gasteiger partial charge in [0.25, 0.3) is 0 Å². The van der Waals surface area contributed by atoms with E-state index < -0.39 is 5.97 Å². The summed E-state index contributed by atoms with van der Waals surface area (Å²) in [5.41, 5.74) is 3.64. The molecule has 0 aliphatic carbocycles. The summed E-state index contributed by atoms with van der Waals surface area (Å²) in [5, 5.41) is 8.87. The first kappa shape index (κ1) is 15.6. The van der Waals surface area contributed by atoms with Crippen LogP contribution in [0.4, 0.5) is 0 Å². The van der Waals surface area contributed by atoms with Gasteiger partial charge in [-0.3, -0.25) is 5.10 Å². The SMILES string of the molecule is Cc1ccc2cc(COC(=O)c3n[nH]c4ccccc34)c(Cl)nc2c1. The van der Waals surface area contributed by atoms with E-state index in [-0.39, 0.29) is 12.3 Å². The van der Waals surface area contributed by atoms with Gasteiger partial charge in [-0.1, -0.05) is 41.9 Å². The van der Waals surface area contributed by atoms with Crippen LogP contribution in [0.3, 0.4) is 0 Å². The fraction of sp³-hybridized carbons (Fsp3) is 0.105. The molecule has 25 heavy (non-hydrogen) atoms. The van der Waals surface area contributed by atoms with Gasteiger partial charge < -0.3 is 4.74 Å². The zero-order valence-electron chi connectivity index (χ0n) is 13.4. The molecule has 0 saturated heterocycles. The van der Waals surface area contributed by atoms with Crippen LogP contribution in [-0.4, -0.2) is 21.2 Å². The molecule has 0 radical (unpaired) electrons. The van der Waals surface area contributed by atoms with E-state index in [1.165, 1.54) is 0 Å². The number of H-pyrrole nitrogens is 1. The Labute approximate surface area is 148 Å². The van der Waals surface area contributed by atoms with Crippen LogP contribution in [0.25, 0.3) is 21.8 Å². The maximum Gasteiger partial charge on any atom is 0.359 e. The molecule has 4 aromatic rings. The van der Waals surface area contributed by atoms with Gasteiger partial charge in [-0.25, -0.2) is 9.78 Å². The molecule has 0 spiro atoms. The number of ether oxygens (including phenoxy) is 1. The van der Waals surface area contributed by atoms with Crippen molar-refractivity contribution in [2.45, 2.75) is 13.5 Å². The van der Waals surface area contributed by atoms with Crippen molar-refractivity contribution in [1.29, 1.82) is 0 Å². The number of aryl methyl sites for hydroxylation is 1. The Kier molecular flexibility index (Phi) is 3.86. The van der Waals surface area contributed by atoms with E-state index in [0.717, 1.165) is 27.4 Å². The molecule has 124 valence electrons. The van der Waals surface area contributed by atoms with Crippen molar-refractivity contribution in [3.05, 3.63) is 70.5 Å². The summed E-state index contributed by atoms with van der Waals surface area (Å²) >= 11 is 6.23. The third-order valence-corrected chi connectivity index (χ3v) is 4.35. The molecule has 2 aromatic heterocycles. The number of aromatic amines is 1. The monoisotopic (exact) mass is 351 g/mol. The van der Waals surface area contributed by atoms with Crippen molar-refractivity contribution in [2.24, 2.45) is 0 Å². The number of nitrogens with one attached hydrogen (secondary N) is 1. The highest BCUT2D eigenvalue weighted by Gasteiger charge is 2.16. The molecule has 4 rings (SSSR count). The molecular weight excluding hydrogens is 338 g/mol. The molecule has 0 atom stereocenters. The summed E-state index contributed by atoms with van der Waals surface area (Å²) in [5.74, 6) is -0.502. The molecular formula is C19H14ClN3O2. The second-order valence-corrected chi connectivity index (χ2v) is 6.19. The molecule has 2 heterocycles. The number of carbonyl (C=O) groups excluding carboxylic acids is 1. The molecule has 0 aliphatic heterocycles. The Morgan fingerprint density at radius 3 is 2.92 bits per heavy atom. The van der Waals surface area contributed by atoms with E-state index in [4.69, 9.17) is 16.3 Å². The average Bonchev–Trinajstić information content (AvgIpc) is 3.04. The quantitative estimate of drug-likeness (QED) is 0.438. The topological polar surface area (TPSA) is 67.9 Å². The summed E-state index contributed by atoms with van der Waals surface area (Å²) in [6, 6.07) is 15.2. The van der Waals surface area contributed by atoms with Crippen LogP contribution < -0.4 is 0 Å². The first-order valence-electron chi connectivity index (χ1n) is 7.78. The highest BCUT2D eigenvalue weighted by atomic mass is 35.5. The van der Waals surface area contributed by atoms with E-state index in [1.54, 1.807) is 0 Å². The van der Waals surface area contributed by atoms with Gasteiger partial charge in [-0.05, 0) is 30.7 Å². The minimum atomic E-state index is -0.502. The van der Waals surface area contributed by atoms with Crippen molar-refractivity contribution in [3.63, 3.8) is 0 Å². The lowest BCUT2D eigenvalue weighted by molar-refractivity contribution is 0.0468. The second-order valence-electron chi connectivity index (χ2n) is 5.83. The van der Waals surface area contributed by atoms with Crippen LogP contribution in [0.1, 0.15) is 21.6 Å². The van der Waals surface area contributed by atoms with E-state index in [0.29, 0.717) is 10.7 Å². The molecule has 2 aromatic carbocycles. The van der Waals surface area contributed by atoms with Gasteiger partial charge in [0.1, 0.15) is 11.8 Å². The highest BCUT2D eigenvalue weighted by Crippen LogP contribution is 2.23. The lowest BCUT2D eigenvalue weighted by atomic mass is 10.1. The van der Waals surface area contributed by atoms with Crippen LogP contribution in [0.2, 0.25) is 5.15 Å². The van der Waals surface area contributed by atoms with Crippen LogP contribution in [0.5, 0.6) is 0 Å². The lowest BCUT2D eigenvalue weighted by Crippen LogP contribution is -2.07. The summed E-state index contributed by atoms with van der Waals surface area (Å²) in [6.07, 6.45) is 0. The highest BCUT2D eigenvalue weighted by molar-refractivity contribution is 6.30. The number of pyridine rings is 1. The van der Waals surface area contributed by atoms with Crippen molar-refractivity contribution in [1.82, 2.24) is 15.2 Å². The van der Waals surface area contributed by atoms with Gasteiger partial charge >= 0.3 is 5.97 Å². The van der Waals surface area contributed by atoms with E-state index in [2.05, 4.69) is 15.2 Å². The van der Waals surface area contributed by atoms with Crippen molar-refractivity contribution in [3.8, 4) is 0 Å². The molecule has 1 N–H and O–H groups in total. The standard InChI is InChI=1S/C19H14ClN3O2/c1-11-6-7-12-9-13(18(20)21-16(12)8-11)10-25-19(24)17-14-4-2-3-5-15(14)22-23-17/h2-9H,10H2,1H3,(H,22,23). The number of aromatic nitrogens is 3. The first-order chi connectivity index (χ1) is 12.1. The molecule has 0 unspecified atom stereocenters. The Hall–Kier alpha value is -2.92. The fourth-order valence-electron chi connectivity index (χ4n) is 2.73. The fourth-order valence-corrected chi connectivity index (χ4v) is 2.93. The maximum absolute atomic E-state index is 12.3. The first-order valence-corrected chi connectivity index (χ1v) is 8.15. The summed E-state index contributed by atoms with van der Waals surface area (Å²) in [7, 11) is 0. The summed E-state index contributed by atoms with van der Waals surface area (Å²) in [6.45, 7) is 2.04. The van der Waals surface area contributed by atoms with E-state index in [1.807, 2.05) is 55.5 Å². The van der Waals surface area contributed by atoms with Gasteiger partial charge in [-0.15, -0.1) is 0 Å². The Morgan fingerprint density at radius 2 is 2.04 bits per heavy atom. The molecule has 6 heteroatoms. The van der Waals surface area contributed by atoms with Gasteiger partial charge in [0.2, 0.25) is 0 Å². The third-order valence-electron chi connectivity index (χ3n) is 4.02. The molecule has 0 aliphatic rings. The molecule has 0 fully saturated rings. The smallest absolute Gasteiger partial charge is 0.359 e. The summed E-state index contributed by atoms with van der Waals surface area (Å²) in [4.78, 5) is 16.7. The molecule has 0 saturated carbocycles. The van der Waals surface area contributed by atoms with Crippen molar-refractivity contribution in [2.75, 3.05) is 0 Å². The molecule has 0 amide bonds. The van der Waals surface area contributed by atoms with Crippen LogP contribution >= 0.6 is 11.6 Å². The van der Waals surface area contributed by atoms with E-state index >= 15 is 0 Å². The van der Waals surface area contributed by atoms with Crippen molar-refractivity contribution < 1.29 is 9.53 Å². The molecule has 0 bridgehead atoms. The van der Waals surface area contributed by atoms with Gasteiger partial charge in [-0.2, -0.15) is 5.10 Å². The predicted molar refractivity (Wildman–Crippen MR) is 96.7 cm³/mol. The second kappa shape index (κ2) is 6.18. The lowest BCUT2D eigenvalue weighted by Gasteiger charge is -2.07. The Balaban J connectivity index is 1.58. The predicted octanol–water partition coefficient (Wildman–Crippen LogP) is 4.43. The van der Waals surface area contributed by atoms with E-state index in [9.17, 15) is 4.79 Å². The number of benzene rings is 2. The number of hydrogen-bond acceptors (Lipinski definition) is 4. The minimum absolute atomic E-state index is 0.0374. The van der Waals surface area contributed by atoms with Crippen LogP contribution in [0, 0.1) is 6.92 Å². The third kappa shape index (κ3) is 2.94. The van der Waals surface area contributed by atoms with Gasteiger partial charge in [0, 0.05) is 16.3 Å². The van der Waals surface area contributed by atoms with Gasteiger partial charge in [0.05, 0.1) is 11.0 Å². The minimum Gasteiger partial charge on any atom is -0.456 e. The average molecular weight is 352 g/mol. The molecule has 5 nitrogen and oxygen atoms in total. The number of halogens is 1. The Morgan fingerprint density at radius 1 is 1.20 bits per heavy atom. The number of nitrogens with zero attached hydrogens (tertiary/aromatic N) is 2. The number of esters is 1. The number of carbonyl (C=O) groups is 1.